The molecule has 0 atom stereocenters. The maximum Gasteiger partial charge on any atom is 0.299 e. The first kappa shape index (κ1) is 18.0. The van der Waals surface area contributed by atoms with Crippen LogP contribution in [0.2, 0.25) is 0 Å². The molecule has 0 N–H and O–H groups in total. The molecule has 136 valence electrons. The number of carbonyl (C=O) groups is 2. The minimum absolute atomic E-state index is 0.309. The minimum atomic E-state index is -0.492. The van der Waals surface area contributed by atoms with E-state index in [0.29, 0.717) is 41.8 Å². The van der Waals surface area contributed by atoms with Gasteiger partial charge in [-0.05, 0) is 42.2 Å². The standard InChI is InChI=1S/C21H23NO4/c1-13(2)12-26-17-9-8-15(10-18(17)25-4)11-22-19-14(3)6-5-7-16(19)20(23)21(22)24/h5-10,13H,11-12H2,1-4H3. The number of rotatable bonds is 6. The largest absolute Gasteiger partial charge is 0.493 e. The first-order valence-corrected chi connectivity index (χ1v) is 8.68. The fraction of sp³-hybridized carbons (Fsp3) is 0.333. The number of para-hydroxylation sites is 1. The highest BCUT2D eigenvalue weighted by atomic mass is 16.5. The van der Waals surface area contributed by atoms with Crippen LogP contribution in [0, 0.1) is 12.8 Å². The second-order valence-electron chi connectivity index (χ2n) is 6.88. The van der Waals surface area contributed by atoms with Crippen molar-refractivity contribution >= 4 is 17.4 Å². The Hall–Kier alpha value is -2.82. The number of methoxy groups -OCH3 is 1. The molecule has 0 aliphatic carbocycles. The summed E-state index contributed by atoms with van der Waals surface area (Å²) in [5, 5.41) is 0. The number of hydrogen-bond donors (Lipinski definition) is 0. The lowest BCUT2D eigenvalue weighted by Gasteiger charge is -2.20. The molecule has 0 saturated heterocycles. The van der Waals surface area contributed by atoms with Gasteiger partial charge in [0.15, 0.2) is 11.5 Å². The van der Waals surface area contributed by atoms with Gasteiger partial charge < -0.3 is 14.4 Å². The van der Waals surface area contributed by atoms with E-state index in [-0.39, 0.29) is 0 Å². The second kappa shape index (κ2) is 7.20. The van der Waals surface area contributed by atoms with Gasteiger partial charge in [0.2, 0.25) is 0 Å². The summed E-state index contributed by atoms with van der Waals surface area (Å²) in [4.78, 5) is 26.2. The number of anilines is 1. The van der Waals surface area contributed by atoms with Crippen molar-refractivity contribution in [3.05, 3.63) is 53.1 Å². The predicted octanol–water partition coefficient (Wildman–Crippen LogP) is 3.77. The molecule has 1 aliphatic rings. The molecule has 0 fully saturated rings. The summed E-state index contributed by atoms with van der Waals surface area (Å²) in [5.74, 6) is 0.754. The number of benzene rings is 2. The molecule has 0 aromatic heterocycles. The van der Waals surface area contributed by atoms with Gasteiger partial charge in [0.25, 0.3) is 11.7 Å². The Morgan fingerprint density at radius 3 is 2.54 bits per heavy atom. The van der Waals surface area contributed by atoms with Crippen molar-refractivity contribution in [2.75, 3.05) is 18.6 Å². The summed E-state index contributed by atoms with van der Waals surface area (Å²) in [5.41, 5.74) is 2.95. The molecule has 0 unspecified atom stereocenters. The second-order valence-corrected chi connectivity index (χ2v) is 6.88. The molecule has 5 heteroatoms. The van der Waals surface area contributed by atoms with E-state index in [4.69, 9.17) is 9.47 Å². The van der Waals surface area contributed by atoms with Gasteiger partial charge in [0.1, 0.15) is 0 Å². The normalized spacial score (nSPS) is 13.3. The van der Waals surface area contributed by atoms with E-state index in [9.17, 15) is 9.59 Å². The molecular weight excluding hydrogens is 330 g/mol. The SMILES string of the molecule is COc1cc(CN2C(=O)C(=O)c3cccc(C)c32)ccc1OCC(C)C. The summed E-state index contributed by atoms with van der Waals surface area (Å²) < 4.78 is 11.2. The highest BCUT2D eigenvalue weighted by molar-refractivity contribution is 6.52. The quantitative estimate of drug-likeness (QED) is 0.742. The van der Waals surface area contributed by atoms with Gasteiger partial charge in [-0.1, -0.05) is 32.0 Å². The fourth-order valence-corrected chi connectivity index (χ4v) is 3.06. The molecule has 1 heterocycles. The lowest BCUT2D eigenvalue weighted by molar-refractivity contribution is -0.114. The zero-order chi connectivity index (χ0) is 18.8. The number of Topliss-reactive ketones (excluding diaryl/α,β-unsaturated/α-hetero) is 1. The number of aryl methyl sites for hydroxylation is 1. The third-order valence-corrected chi connectivity index (χ3v) is 4.33. The Morgan fingerprint density at radius 1 is 1.08 bits per heavy atom. The maximum absolute atomic E-state index is 12.4. The van der Waals surface area contributed by atoms with Crippen LogP contribution in [0.15, 0.2) is 36.4 Å². The van der Waals surface area contributed by atoms with E-state index in [1.807, 2.05) is 31.2 Å². The predicted molar refractivity (Wildman–Crippen MR) is 100 cm³/mol. The molecule has 5 nitrogen and oxygen atoms in total. The van der Waals surface area contributed by atoms with Crippen molar-refractivity contribution in [3.8, 4) is 11.5 Å². The number of nitrogens with zero attached hydrogens (tertiary/aromatic N) is 1. The molecule has 2 aromatic carbocycles. The van der Waals surface area contributed by atoms with Crippen LogP contribution in [0.5, 0.6) is 11.5 Å². The highest BCUT2D eigenvalue weighted by Crippen LogP contribution is 2.35. The molecule has 3 rings (SSSR count). The van der Waals surface area contributed by atoms with E-state index in [0.717, 1.165) is 11.1 Å². The average Bonchev–Trinajstić information content (AvgIpc) is 2.86. The fourth-order valence-electron chi connectivity index (χ4n) is 3.06. The lowest BCUT2D eigenvalue weighted by Crippen LogP contribution is -2.29. The van der Waals surface area contributed by atoms with Crippen molar-refractivity contribution in [3.63, 3.8) is 0 Å². The molecule has 0 bridgehead atoms. The van der Waals surface area contributed by atoms with E-state index in [2.05, 4.69) is 13.8 Å². The van der Waals surface area contributed by atoms with E-state index < -0.39 is 11.7 Å². The van der Waals surface area contributed by atoms with E-state index in [1.54, 1.807) is 19.2 Å². The summed E-state index contributed by atoms with van der Waals surface area (Å²) in [7, 11) is 1.59. The molecule has 2 aromatic rings. The third kappa shape index (κ3) is 3.29. The number of carbonyl (C=O) groups excluding carboxylic acids is 2. The van der Waals surface area contributed by atoms with Gasteiger partial charge in [-0.15, -0.1) is 0 Å². The smallest absolute Gasteiger partial charge is 0.299 e. The van der Waals surface area contributed by atoms with Crippen molar-refractivity contribution in [1.82, 2.24) is 0 Å². The van der Waals surface area contributed by atoms with Gasteiger partial charge in [-0.3, -0.25) is 9.59 Å². The zero-order valence-corrected chi connectivity index (χ0v) is 15.5. The number of fused-ring (bicyclic) bond motifs is 1. The van der Waals surface area contributed by atoms with E-state index >= 15 is 0 Å². The average molecular weight is 353 g/mol. The number of hydrogen-bond acceptors (Lipinski definition) is 4. The van der Waals surface area contributed by atoms with E-state index in [1.165, 1.54) is 4.90 Å². The Bertz CT molecular complexity index is 857. The molecule has 0 spiro atoms. The monoisotopic (exact) mass is 353 g/mol. The topological polar surface area (TPSA) is 55.8 Å². The third-order valence-electron chi connectivity index (χ3n) is 4.33. The van der Waals surface area contributed by atoms with Crippen LogP contribution in [-0.2, 0) is 11.3 Å². The summed E-state index contributed by atoms with van der Waals surface area (Å²) in [6.07, 6.45) is 0. The molecular formula is C21H23NO4. The zero-order valence-electron chi connectivity index (χ0n) is 15.5. The van der Waals surface area contributed by atoms with Gasteiger partial charge >= 0.3 is 0 Å². The van der Waals surface area contributed by atoms with Crippen LogP contribution in [0.4, 0.5) is 5.69 Å². The van der Waals surface area contributed by atoms with Crippen molar-refractivity contribution in [2.24, 2.45) is 5.92 Å². The molecule has 26 heavy (non-hydrogen) atoms. The minimum Gasteiger partial charge on any atom is -0.493 e. The van der Waals surface area contributed by atoms with Gasteiger partial charge in [0, 0.05) is 0 Å². The first-order chi connectivity index (χ1) is 12.4. The highest BCUT2D eigenvalue weighted by Gasteiger charge is 2.36. The van der Waals surface area contributed by atoms with Crippen molar-refractivity contribution < 1.29 is 19.1 Å². The van der Waals surface area contributed by atoms with Crippen LogP contribution in [0.1, 0.15) is 35.3 Å². The molecule has 0 saturated carbocycles. The Balaban J connectivity index is 1.88. The number of amides is 1. The maximum atomic E-state index is 12.4. The molecule has 1 amide bonds. The molecule has 1 aliphatic heterocycles. The van der Waals surface area contributed by atoms with Crippen LogP contribution >= 0.6 is 0 Å². The number of ketones is 1. The van der Waals surface area contributed by atoms with Gasteiger partial charge in [-0.2, -0.15) is 0 Å². The Kier molecular flexibility index (Phi) is 4.98. The van der Waals surface area contributed by atoms with Crippen LogP contribution in [-0.4, -0.2) is 25.4 Å². The van der Waals surface area contributed by atoms with Crippen molar-refractivity contribution in [1.29, 1.82) is 0 Å². The van der Waals surface area contributed by atoms with Crippen LogP contribution in [0.3, 0.4) is 0 Å². The lowest BCUT2D eigenvalue weighted by atomic mass is 10.1. The summed E-state index contributed by atoms with van der Waals surface area (Å²) in [6, 6.07) is 11.0. The summed E-state index contributed by atoms with van der Waals surface area (Å²) >= 11 is 0. The van der Waals surface area contributed by atoms with Crippen molar-refractivity contribution in [2.45, 2.75) is 27.3 Å². The van der Waals surface area contributed by atoms with Gasteiger partial charge in [-0.25, -0.2) is 0 Å². The first-order valence-electron chi connectivity index (χ1n) is 8.68. The van der Waals surface area contributed by atoms with Crippen LogP contribution in [0.25, 0.3) is 0 Å². The Labute approximate surface area is 153 Å². The Morgan fingerprint density at radius 2 is 1.85 bits per heavy atom. The number of ether oxygens (including phenoxy) is 2. The molecule has 0 radical (unpaired) electrons. The van der Waals surface area contributed by atoms with Crippen LogP contribution < -0.4 is 14.4 Å². The van der Waals surface area contributed by atoms with Gasteiger partial charge in [0.05, 0.1) is 31.5 Å². The summed E-state index contributed by atoms with van der Waals surface area (Å²) in [6.45, 7) is 6.97.